The van der Waals surface area contributed by atoms with E-state index in [1.807, 2.05) is 0 Å². The van der Waals surface area contributed by atoms with Crippen LogP contribution in [-0.2, 0) is 0 Å². The molecule has 1 heterocycles. The second kappa shape index (κ2) is 5.49. The molecule has 1 atom stereocenters. The summed E-state index contributed by atoms with van der Waals surface area (Å²) in [5, 5.41) is 3.66. The normalized spacial score (nSPS) is 17.8. The van der Waals surface area contributed by atoms with E-state index in [0.717, 1.165) is 11.0 Å². The van der Waals surface area contributed by atoms with Crippen molar-refractivity contribution in [2.75, 3.05) is 16.8 Å². The summed E-state index contributed by atoms with van der Waals surface area (Å²) < 4.78 is 1.12. The molecule has 0 spiro atoms. The zero-order valence-corrected chi connectivity index (χ0v) is 13.4. The van der Waals surface area contributed by atoms with Crippen LogP contribution in [0.15, 0.2) is 53.0 Å². The van der Waals surface area contributed by atoms with E-state index < -0.39 is 0 Å². The van der Waals surface area contributed by atoms with Crippen LogP contribution in [0.4, 0.5) is 11.4 Å². The van der Waals surface area contributed by atoms with Crippen molar-refractivity contribution in [2.45, 2.75) is 25.9 Å². The predicted octanol–water partition coefficient (Wildman–Crippen LogP) is 4.83. The van der Waals surface area contributed by atoms with Crippen molar-refractivity contribution in [1.29, 1.82) is 0 Å². The quantitative estimate of drug-likeness (QED) is 0.848. The highest BCUT2D eigenvalue weighted by molar-refractivity contribution is 9.10. The Morgan fingerprint density at radius 1 is 1.10 bits per heavy atom. The molecule has 2 nitrogen and oxygen atoms in total. The first-order valence-electron chi connectivity index (χ1n) is 7.03. The van der Waals surface area contributed by atoms with E-state index in [9.17, 15) is 0 Å². The summed E-state index contributed by atoms with van der Waals surface area (Å²) in [6.07, 6.45) is 0. The summed E-state index contributed by atoms with van der Waals surface area (Å²) in [6.45, 7) is 5.50. The largest absolute Gasteiger partial charge is 0.375 e. The minimum Gasteiger partial charge on any atom is -0.375 e. The van der Waals surface area contributed by atoms with Crippen molar-refractivity contribution in [3.05, 3.63) is 58.6 Å². The van der Waals surface area contributed by atoms with Crippen LogP contribution in [0.3, 0.4) is 0 Å². The maximum absolute atomic E-state index is 3.66. The first-order valence-corrected chi connectivity index (χ1v) is 7.82. The second-order valence-corrected chi connectivity index (χ2v) is 6.43. The lowest BCUT2D eigenvalue weighted by atomic mass is 10.0. The van der Waals surface area contributed by atoms with Gasteiger partial charge >= 0.3 is 0 Å². The molecule has 0 amide bonds. The van der Waals surface area contributed by atoms with Gasteiger partial charge in [-0.15, -0.1) is 0 Å². The number of anilines is 2. The van der Waals surface area contributed by atoms with Crippen LogP contribution in [0.1, 0.15) is 25.5 Å². The molecule has 20 heavy (non-hydrogen) atoms. The van der Waals surface area contributed by atoms with Crippen LogP contribution in [0.2, 0.25) is 0 Å². The molecule has 1 aliphatic heterocycles. The predicted molar refractivity (Wildman–Crippen MR) is 89.4 cm³/mol. The number of benzene rings is 2. The van der Waals surface area contributed by atoms with Gasteiger partial charge in [-0.25, -0.2) is 0 Å². The van der Waals surface area contributed by atoms with Crippen molar-refractivity contribution in [2.24, 2.45) is 0 Å². The average Bonchev–Trinajstić information content (AvgIpc) is 2.46. The molecule has 0 radical (unpaired) electrons. The first-order chi connectivity index (χ1) is 9.65. The molecule has 1 aliphatic rings. The average molecular weight is 331 g/mol. The highest BCUT2D eigenvalue weighted by atomic mass is 79.9. The molecule has 0 fully saturated rings. The molecule has 2 aromatic carbocycles. The number of hydrogen-bond donors (Lipinski definition) is 1. The van der Waals surface area contributed by atoms with Crippen molar-refractivity contribution >= 4 is 27.3 Å². The molecule has 0 saturated carbocycles. The number of para-hydroxylation sites is 2. The van der Waals surface area contributed by atoms with Crippen LogP contribution in [-0.4, -0.2) is 12.6 Å². The van der Waals surface area contributed by atoms with Gasteiger partial charge in [0.15, 0.2) is 0 Å². The zero-order chi connectivity index (χ0) is 14.1. The summed E-state index contributed by atoms with van der Waals surface area (Å²) in [5.74, 6) is 0. The summed E-state index contributed by atoms with van der Waals surface area (Å²) in [7, 11) is 0. The molecular formula is C17H19BrN2. The van der Waals surface area contributed by atoms with Gasteiger partial charge in [0.05, 0.1) is 17.4 Å². The standard InChI is InChI=1S/C17H19BrN2/c1-12(2)20-11-16(13-7-9-14(18)10-8-13)19-15-5-3-4-6-17(15)20/h3-10,12,16,19H,11H2,1-2H3. The van der Waals surface area contributed by atoms with Gasteiger partial charge in [-0.1, -0.05) is 40.2 Å². The molecule has 3 rings (SSSR count). The van der Waals surface area contributed by atoms with Crippen molar-refractivity contribution in [1.82, 2.24) is 0 Å². The smallest absolute Gasteiger partial charge is 0.0689 e. The Hall–Kier alpha value is -1.48. The third-order valence-electron chi connectivity index (χ3n) is 3.82. The maximum atomic E-state index is 3.66. The SMILES string of the molecule is CC(C)N1CC(c2ccc(Br)cc2)Nc2ccccc21. The molecular weight excluding hydrogens is 312 g/mol. The van der Waals surface area contributed by atoms with Crippen molar-refractivity contribution < 1.29 is 0 Å². The molecule has 3 heteroatoms. The minimum atomic E-state index is 0.334. The molecule has 0 saturated heterocycles. The van der Waals surface area contributed by atoms with Crippen LogP contribution in [0, 0.1) is 0 Å². The summed E-state index contributed by atoms with van der Waals surface area (Å²) in [4.78, 5) is 2.47. The van der Waals surface area contributed by atoms with Crippen LogP contribution < -0.4 is 10.2 Å². The van der Waals surface area contributed by atoms with Gasteiger partial charge in [-0.3, -0.25) is 0 Å². The van der Waals surface area contributed by atoms with Gasteiger partial charge in [-0.2, -0.15) is 0 Å². The number of fused-ring (bicyclic) bond motifs is 1. The molecule has 0 bridgehead atoms. The number of nitrogens with zero attached hydrogens (tertiary/aromatic N) is 1. The van der Waals surface area contributed by atoms with E-state index in [0.29, 0.717) is 12.1 Å². The van der Waals surface area contributed by atoms with E-state index in [4.69, 9.17) is 0 Å². The molecule has 1 unspecified atom stereocenters. The van der Waals surface area contributed by atoms with Gasteiger partial charge in [-0.05, 0) is 43.7 Å². The summed E-state index contributed by atoms with van der Waals surface area (Å²) in [5.41, 5.74) is 3.85. The van der Waals surface area contributed by atoms with E-state index in [2.05, 4.69) is 88.5 Å². The van der Waals surface area contributed by atoms with Gasteiger partial charge in [0.2, 0.25) is 0 Å². The Morgan fingerprint density at radius 3 is 2.50 bits per heavy atom. The highest BCUT2D eigenvalue weighted by Crippen LogP contribution is 2.36. The topological polar surface area (TPSA) is 15.3 Å². The Kier molecular flexibility index (Phi) is 3.70. The maximum Gasteiger partial charge on any atom is 0.0689 e. The molecule has 0 aromatic heterocycles. The van der Waals surface area contributed by atoms with Crippen molar-refractivity contribution in [3.8, 4) is 0 Å². The summed E-state index contributed by atoms with van der Waals surface area (Å²) in [6, 6.07) is 18.0. The van der Waals surface area contributed by atoms with Gasteiger partial charge in [0, 0.05) is 17.1 Å². The van der Waals surface area contributed by atoms with Crippen LogP contribution >= 0.6 is 15.9 Å². The fourth-order valence-corrected chi connectivity index (χ4v) is 3.01. The highest BCUT2D eigenvalue weighted by Gasteiger charge is 2.25. The lowest BCUT2D eigenvalue weighted by molar-refractivity contribution is 0.617. The van der Waals surface area contributed by atoms with Crippen molar-refractivity contribution in [3.63, 3.8) is 0 Å². The summed E-state index contributed by atoms with van der Waals surface area (Å²) >= 11 is 3.50. The third-order valence-corrected chi connectivity index (χ3v) is 4.35. The lowest BCUT2D eigenvalue weighted by Gasteiger charge is -2.40. The van der Waals surface area contributed by atoms with Crippen LogP contribution in [0.5, 0.6) is 0 Å². The van der Waals surface area contributed by atoms with Crippen LogP contribution in [0.25, 0.3) is 0 Å². The monoisotopic (exact) mass is 330 g/mol. The Bertz CT molecular complexity index is 592. The van der Waals surface area contributed by atoms with E-state index in [1.54, 1.807) is 0 Å². The Balaban J connectivity index is 1.95. The van der Waals surface area contributed by atoms with E-state index in [1.165, 1.54) is 16.9 Å². The fraction of sp³-hybridized carbons (Fsp3) is 0.294. The third kappa shape index (κ3) is 2.55. The lowest BCUT2D eigenvalue weighted by Crippen LogP contribution is -2.40. The van der Waals surface area contributed by atoms with Gasteiger partial charge in [0.1, 0.15) is 0 Å². The molecule has 2 aromatic rings. The molecule has 0 aliphatic carbocycles. The van der Waals surface area contributed by atoms with Gasteiger partial charge < -0.3 is 10.2 Å². The Labute approximate surface area is 128 Å². The number of halogens is 1. The first kappa shape index (κ1) is 13.5. The second-order valence-electron chi connectivity index (χ2n) is 5.51. The van der Waals surface area contributed by atoms with Gasteiger partial charge in [0.25, 0.3) is 0 Å². The Morgan fingerprint density at radius 2 is 1.80 bits per heavy atom. The number of rotatable bonds is 2. The number of nitrogens with one attached hydrogen (secondary N) is 1. The molecule has 104 valence electrons. The minimum absolute atomic E-state index is 0.334. The zero-order valence-electron chi connectivity index (χ0n) is 11.8. The number of hydrogen-bond acceptors (Lipinski definition) is 2. The molecule has 1 N–H and O–H groups in total. The van der Waals surface area contributed by atoms with E-state index in [-0.39, 0.29) is 0 Å². The van der Waals surface area contributed by atoms with E-state index >= 15 is 0 Å². The fourth-order valence-electron chi connectivity index (χ4n) is 2.75.